The predicted molar refractivity (Wildman–Crippen MR) is 132 cm³/mol. The number of carbonyl (C=O) groups is 3. The summed E-state index contributed by atoms with van der Waals surface area (Å²) in [6.45, 7) is 4.19. The van der Waals surface area contributed by atoms with E-state index in [2.05, 4.69) is 15.6 Å². The number of rotatable bonds is 7. The van der Waals surface area contributed by atoms with Crippen molar-refractivity contribution in [3.8, 4) is 17.0 Å². The Kier molecular flexibility index (Phi) is 6.93. The molecule has 0 aliphatic carbocycles. The van der Waals surface area contributed by atoms with Crippen LogP contribution in [0.3, 0.4) is 0 Å². The fourth-order valence-electron chi connectivity index (χ4n) is 3.82. The van der Waals surface area contributed by atoms with Crippen LogP contribution in [-0.2, 0) is 20.9 Å². The summed E-state index contributed by atoms with van der Waals surface area (Å²) in [7, 11) is 1.56. The molecule has 2 aromatic carbocycles. The molecule has 0 radical (unpaired) electrons. The molecular formula is C25H26N4O4S. The number of amides is 3. The van der Waals surface area contributed by atoms with Crippen LogP contribution in [-0.4, -0.2) is 36.4 Å². The quantitative estimate of drug-likeness (QED) is 0.539. The summed E-state index contributed by atoms with van der Waals surface area (Å²) < 4.78 is 5.41. The van der Waals surface area contributed by atoms with Crippen molar-refractivity contribution < 1.29 is 19.1 Å². The van der Waals surface area contributed by atoms with Gasteiger partial charge in [0, 0.05) is 37.4 Å². The summed E-state index contributed by atoms with van der Waals surface area (Å²) in [5, 5.41) is 7.99. The summed E-state index contributed by atoms with van der Waals surface area (Å²) in [6.07, 6.45) is 0.136. The fourth-order valence-corrected chi connectivity index (χ4v) is 4.54. The van der Waals surface area contributed by atoms with Crippen LogP contribution in [0.2, 0.25) is 0 Å². The van der Waals surface area contributed by atoms with E-state index in [1.165, 1.54) is 18.3 Å². The second kappa shape index (κ2) is 10.0. The highest BCUT2D eigenvalue weighted by Gasteiger charge is 2.36. The monoisotopic (exact) mass is 478 g/mol. The number of anilines is 2. The minimum atomic E-state index is -0.474. The Balaban J connectivity index is 1.40. The molecule has 34 heavy (non-hydrogen) atoms. The summed E-state index contributed by atoms with van der Waals surface area (Å²) >= 11 is 1.34. The van der Waals surface area contributed by atoms with Gasteiger partial charge in [-0.25, -0.2) is 4.98 Å². The van der Waals surface area contributed by atoms with Gasteiger partial charge in [0.1, 0.15) is 5.75 Å². The van der Waals surface area contributed by atoms with E-state index in [1.54, 1.807) is 12.0 Å². The molecular weight excluding hydrogens is 452 g/mol. The van der Waals surface area contributed by atoms with Crippen molar-refractivity contribution in [2.75, 3.05) is 23.9 Å². The van der Waals surface area contributed by atoms with Crippen LogP contribution >= 0.6 is 11.3 Å². The maximum absolute atomic E-state index is 12.9. The first-order chi connectivity index (χ1) is 16.3. The largest absolute Gasteiger partial charge is 0.495 e. The van der Waals surface area contributed by atoms with Crippen molar-refractivity contribution in [1.82, 2.24) is 10.3 Å². The molecule has 176 valence electrons. The molecule has 3 amide bonds. The van der Waals surface area contributed by atoms with Gasteiger partial charge < -0.3 is 20.3 Å². The lowest BCUT2D eigenvalue weighted by Gasteiger charge is -2.20. The fraction of sp³-hybridized carbons (Fsp3) is 0.280. The zero-order chi connectivity index (χ0) is 24.2. The summed E-state index contributed by atoms with van der Waals surface area (Å²) in [4.78, 5) is 42.8. The molecule has 1 aliphatic rings. The van der Waals surface area contributed by atoms with Crippen molar-refractivity contribution >= 4 is 39.9 Å². The molecule has 1 aromatic heterocycles. The Morgan fingerprint density at radius 2 is 1.97 bits per heavy atom. The third-order valence-electron chi connectivity index (χ3n) is 5.65. The summed E-state index contributed by atoms with van der Waals surface area (Å²) in [6, 6.07) is 13.4. The van der Waals surface area contributed by atoms with E-state index in [0.717, 1.165) is 22.4 Å². The van der Waals surface area contributed by atoms with Crippen LogP contribution < -0.4 is 20.3 Å². The normalized spacial score (nSPS) is 15.3. The van der Waals surface area contributed by atoms with E-state index in [-0.39, 0.29) is 24.1 Å². The number of methoxy groups -OCH3 is 1. The molecule has 1 aliphatic heterocycles. The van der Waals surface area contributed by atoms with Crippen LogP contribution in [0.25, 0.3) is 11.3 Å². The minimum absolute atomic E-state index is 0.0749. The number of hydrogen-bond acceptors (Lipinski definition) is 6. The van der Waals surface area contributed by atoms with Gasteiger partial charge in [-0.2, -0.15) is 0 Å². The van der Waals surface area contributed by atoms with Crippen molar-refractivity contribution in [2.45, 2.75) is 26.8 Å². The van der Waals surface area contributed by atoms with Crippen LogP contribution in [0, 0.1) is 12.8 Å². The van der Waals surface area contributed by atoms with Gasteiger partial charge in [-0.1, -0.05) is 30.3 Å². The lowest BCUT2D eigenvalue weighted by Crippen LogP contribution is -2.28. The molecule has 8 nitrogen and oxygen atoms in total. The molecule has 4 rings (SSSR count). The van der Waals surface area contributed by atoms with Crippen molar-refractivity contribution in [1.29, 1.82) is 0 Å². The van der Waals surface area contributed by atoms with E-state index >= 15 is 0 Å². The molecule has 0 spiro atoms. The maximum Gasteiger partial charge on any atom is 0.231 e. The van der Waals surface area contributed by atoms with Gasteiger partial charge in [0.2, 0.25) is 17.7 Å². The molecule has 0 bridgehead atoms. The molecule has 1 saturated heterocycles. The molecule has 9 heteroatoms. The number of aryl methyl sites for hydroxylation is 1. The van der Waals surface area contributed by atoms with E-state index in [4.69, 9.17) is 4.74 Å². The first-order valence-electron chi connectivity index (χ1n) is 10.9. The number of hydrogen-bond donors (Lipinski definition) is 2. The highest BCUT2D eigenvalue weighted by atomic mass is 32.1. The van der Waals surface area contributed by atoms with Crippen LogP contribution in [0.4, 0.5) is 10.8 Å². The van der Waals surface area contributed by atoms with Crippen LogP contribution in [0.1, 0.15) is 24.5 Å². The standard InChI is InChI=1S/C25H26N4O4S/c1-15-4-9-22(33-3)21(10-15)29-13-19(11-23(29)31)24(32)28-25-27-20(14-34-25)18-7-5-17(6-8-18)12-26-16(2)30/h4-10,14,19H,11-13H2,1-3H3,(H,26,30)(H,27,28,32). The summed E-state index contributed by atoms with van der Waals surface area (Å²) in [5.41, 5.74) is 4.34. The first kappa shape index (κ1) is 23.4. The Morgan fingerprint density at radius 1 is 1.21 bits per heavy atom. The smallest absolute Gasteiger partial charge is 0.231 e. The first-order valence-corrected chi connectivity index (χ1v) is 11.8. The molecule has 2 N–H and O–H groups in total. The Bertz CT molecular complexity index is 1220. The van der Waals surface area contributed by atoms with Crippen LogP contribution in [0.15, 0.2) is 47.8 Å². The average Bonchev–Trinajstić information content (AvgIpc) is 3.44. The minimum Gasteiger partial charge on any atom is -0.495 e. The zero-order valence-corrected chi connectivity index (χ0v) is 20.1. The Labute approximate surface area is 202 Å². The van der Waals surface area contributed by atoms with E-state index < -0.39 is 5.92 Å². The molecule has 1 fully saturated rings. The maximum atomic E-state index is 12.9. The number of carbonyl (C=O) groups excluding carboxylic acids is 3. The number of thiazole rings is 1. The van der Waals surface area contributed by atoms with E-state index in [9.17, 15) is 14.4 Å². The Morgan fingerprint density at radius 3 is 2.68 bits per heavy atom. The van der Waals surface area contributed by atoms with Crippen LogP contribution in [0.5, 0.6) is 5.75 Å². The highest BCUT2D eigenvalue weighted by Crippen LogP contribution is 2.34. The molecule has 2 heterocycles. The molecule has 1 atom stereocenters. The number of ether oxygens (including phenoxy) is 1. The lowest BCUT2D eigenvalue weighted by molar-refractivity contribution is -0.122. The van der Waals surface area contributed by atoms with Gasteiger partial charge >= 0.3 is 0 Å². The third-order valence-corrected chi connectivity index (χ3v) is 6.40. The number of nitrogens with one attached hydrogen (secondary N) is 2. The number of benzene rings is 2. The topological polar surface area (TPSA) is 101 Å². The molecule has 3 aromatic rings. The van der Waals surface area contributed by atoms with Crippen molar-refractivity contribution in [3.63, 3.8) is 0 Å². The highest BCUT2D eigenvalue weighted by molar-refractivity contribution is 7.14. The number of aromatic nitrogens is 1. The zero-order valence-electron chi connectivity index (χ0n) is 19.3. The lowest BCUT2D eigenvalue weighted by atomic mass is 10.1. The van der Waals surface area contributed by atoms with Gasteiger partial charge in [0.25, 0.3) is 0 Å². The van der Waals surface area contributed by atoms with Crippen molar-refractivity contribution in [2.24, 2.45) is 5.92 Å². The van der Waals surface area contributed by atoms with Gasteiger partial charge in [-0.05, 0) is 30.2 Å². The molecule has 0 saturated carbocycles. The van der Waals surface area contributed by atoms with Gasteiger partial charge in [-0.3, -0.25) is 14.4 Å². The van der Waals surface area contributed by atoms with Crippen molar-refractivity contribution in [3.05, 3.63) is 59.0 Å². The van der Waals surface area contributed by atoms with Gasteiger partial charge in [0.15, 0.2) is 5.13 Å². The number of nitrogens with zero attached hydrogens (tertiary/aromatic N) is 2. The summed E-state index contributed by atoms with van der Waals surface area (Å²) in [5.74, 6) is -0.280. The van der Waals surface area contributed by atoms with E-state index in [0.29, 0.717) is 29.7 Å². The van der Waals surface area contributed by atoms with E-state index in [1.807, 2.05) is 54.8 Å². The van der Waals surface area contributed by atoms with Gasteiger partial charge in [0.05, 0.1) is 24.4 Å². The SMILES string of the molecule is COc1ccc(C)cc1N1CC(C(=O)Nc2nc(-c3ccc(CNC(C)=O)cc3)cs2)CC1=O. The third kappa shape index (κ3) is 5.26. The average molecular weight is 479 g/mol. The second-order valence-corrected chi connectivity index (χ2v) is 9.07. The predicted octanol–water partition coefficient (Wildman–Crippen LogP) is 3.75. The molecule has 1 unspecified atom stereocenters. The second-order valence-electron chi connectivity index (χ2n) is 8.21. The van der Waals surface area contributed by atoms with Gasteiger partial charge in [-0.15, -0.1) is 11.3 Å². The Hall–Kier alpha value is -3.72.